The summed E-state index contributed by atoms with van der Waals surface area (Å²) < 4.78 is 71.4. The van der Waals surface area contributed by atoms with Gasteiger partial charge in [0, 0.05) is 26.2 Å². The van der Waals surface area contributed by atoms with Gasteiger partial charge in [-0.2, -0.15) is 17.5 Å². The molecule has 2 rings (SSSR count). The number of rotatable bonds is 11. The van der Waals surface area contributed by atoms with Crippen molar-refractivity contribution in [1.29, 1.82) is 0 Å². The lowest BCUT2D eigenvalue weighted by atomic mass is 9.87. The Morgan fingerprint density at radius 2 is 1.13 bits per heavy atom. The molecule has 0 unspecified atom stereocenters. The first-order chi connectivity index (χ1) is 20.7. The van der Waals surface area contributed by atoms with Gasteiger partial charge in [0.1, 0.15) is 13.2 Å². The molecule has 3 N–H and O–H groups in total. The molecule has 254 valence electrons. The summed E-state index contributed by atoms with van der Waals surface area (Å²) in [5.41, 5.74) is -4.40. The van der Waals surface area contributed by atoms with E-state index in [4.69, 9.17) is 9.47 Å². The summed E-state index contributed by atoms with van der Waals surface area (Å²) in [6, 6.07) is 17.6. The van der Waals surface area contributed by atoms with Crippen LogP contribution in [0, 0.1) is 10.8 Å². The van der Waals surface area contributed by atoms with Gasteiger partial charge in [-0.1, -0.05) is 102 Å². The maximum atomic E-state index is 12.7. The number of sulfonamides is 1. The lowest BCUT2D eigenvalue weighted by molar-refractivity contribution is -0.0486. The monoisotopic (exact) mass is 660 g/mol. The molecule has 0 aliphatic heterocycles. The lowest BCUT2D eigenvalue weighted by Crippen LogP contribution is -2.52. The second-order valence-electron chi connectivity index (χ2n) is 12.5. The van der Waals surface area contributed by atoms with Crippen molar-refractivity contribution in [2.24, 2.45) is 10.8 Å². The third-order valence-electron chi connectivity index (χ3n) is 6.65. The van der Waals surface area contributed by atoms with Crippen molar-refractivity contribution >= 4 is 22.2 Å². The van der Waals surface area contributed by atoms with Crippen LogP contribution >= 0.6 is 0 Å². The van der Waals surface area contributed by atoms with Crippen molar-refractivity contribution in [1.82, 2.24) is 20.3 Å². The number of carbonyl (C=O) groups excluding carboxylic acids is 2. The van der Waals surface area contributed by atoms with Gasteiger partial charge in [-0.25, -0.2) is 18.0 Å². The zero-order chi connectivity index (χ0) is 34.5. The van der Waals surface area contributed by atoms with E-state index in [2.05, 4.69) is 36.7 Å². The summed E-state index contributed by atoms with van der Waals surface area (Å²) in [5, 5.41) is 8.43. The molecule has 0 radical (unpaired) electrons. The fourth-order valence-corrected chi connectivity index (χ4v) is 4.36. The van der Waals surface area contributed by atoms with E-state index < -0.39 is 39.6 Å². The molecule has 0 aliphatic carbocycles. The number of alkyl carbamates (subject to hydrolysis) is 2. The number of hydrogen-bond donors (Lipinski definition) is 3. The van der Waals surface area contributed by atoms with Crippen LogP contribution in [0.15, 0.2) is 60.7 Å². The highest BCUT2D eigenvalue weighted by molar-refractivity contribution is 7.89. The number of benzene rings is 2. The predicted octanol–water partition coefficient (Wildman–Crippen LogP) is 5.66. The van der Waals surface area contributed by atoms with Crippen molar-refractivity contribution in [2.45, 2.75) is 72.3 Å². The number of ether oxygens (including phenoxy) is 2. The topological polar surface area (TPSA) is 126 Å². The lowest BCUT2D eigenvalue weighted by Gasteiger charge is -2.34. The highest BCUT2D eigenvalue weighted by Gasteiger charge is 2.49. The summed E-state index contributed by atoms with van der Waals surface area (Å²) in [5.74, 6) is 0. The maximum absolute atomic E-state index is 12.7. The average Bonchev–Trinajstić information content (AvgIpc) is 2.94. The highest BCUT2D eigenvalue weighted by Crippen LogP contribution is 2.28. The second-order valence-corrected chi connectivity index (χ2v) is 14.6. The molecule has 0 fully saturated rings. The number of hydrogen-bond acceptors (Lipinski definition) is 7. The van der Waals surface area contributed by atoms with Crippen LogP contribution in [0.3, 0.4) is 0 Å². The Kier molecular flexibility index (Phi) is 15.3. The van der Waals surface area contributed by atoms with Crippen LogP contribution in [-0.2, 0) is 32.7 Å². The smallest absolute Gasteiger partial charge is 0.445 e. The number of likely N-dealkylation sites (N-methyl/N-ethyl adjacent to an activating group) is 2. The molecule has 14 heteroatoms. The van der Waals surface area contributed by atoms with E-state index in [9.17, 15) is 31.2 Å². The molecule has 2 atom stereocenters. The number of nitrogens with zero attached hydrogens (tertiary/aromatic N) is 1. The molecule has 10 nitrogen and oxygen atoms in total. The van der Waals surface area contributed by atoms with Gasteiger partial charge in [0.15, 0.2) is 0 Å². The minimum Gasteiger partial charge on any atom is -0.445 e. The first-order valence-corrected chi connectivity index (χ1v) is 15.7. The molecule has 0 heterocycles. The summed E-state index contributed by atoms with van der Waals surface area (Å²) in [6.45, 7) is 11.7. The van der Waals surface area contributed by atoms with Crippen molar-refractivity contribution in [3.63, 3.8) is 0 Å². The van der Waals surface area contributed by atoms with Gasteiger partial charge in [0.2, 0.25) is 0 Å². The van der Waals surface area contributed by atoms with Crippen molar-refractivity contribution < 1.29 is 40.7 Å². The van der Waals surface area contributed by atoms with Gasteiger partial charge in [-0.3, -0.25) is 0 Å². The SMILES string of the molecule is CN(C[C@@H](NC(=O)OCc1ccccc1)C(C)(C)C)S(=O)(=O)C(F)(F)F.CNC[C@@H](NC(=O)OCc1ccccc1)C(C)(C)C. The Morgan fingerprint density at radius 1 is 0.756 bits per heavy atom. The molecule has 0 aliphatic rings. The zero-order valence-corrected chi connectivity index (χ0v) is 28.0. The fourth-order valence-electron chi connectivity index (χ4n) is 3.66. The van der Waals surface area contributed by atoms with Gasteiger partial charge < -0.3 is 25.4 Å². The third-order valence-corrected chi connectivity index (χ3v) is 8.21. The van der Waals surface area contributed by atoms with Crippen molar-refractivity contribution in [2.75, 3.05) is 27.2 Å². The molecule has 0 aromatic heterocycles. The average molecular weight is 661 g/mol. The minimum atomic E-state index is -5.48. The van der Waals surface area contributed by atoms with E-state index in [1.54, 1.807) is 51.1 Å². The molecule has 2 amide bonds. The van der Waals surface area contributed by atoms with Gasteiger partial charge >= 0.3 is 27.7 Å². The molecular formula is C31H47F3N4O6S. The van der Waals surface area contributed by atoms with Gasteiger partial charge in [0.05, 0.1) is 6.04 Å². The quantitative estimate of drug-likeness (QED) is 0.284. The maximum Gasteiger partial charge on any atom is 0.511 e. The standard InChI is InChI=1S/C16H23F3N2O4S.C15H24N2O2/c1-15(2,3)13(10-21(4)26(23,24)16(17,18)19)20-14(22)25-11-12-8-6-5-7-9-12;1-15(2,3)13(10-16-4)17-14(18)19-11-12-8-6-5-7-9-12/h5-9,13H,10-11H2,1-4H3,(H,20,22);5-9,13,16H,10-11H2,1-4H3,(H,17,18)/t2*13-/m11/s1. The Labute approximate surface area is 265 Å². The minimum absolute atomic E-state index is 0.0137. The van der Waals surface area contributed by atoms with Crippen molar-refractivity contribution in [3.8, 4) is 0 Å². The van der Waals surface area contributed by atoms with E-state index in [1.165, 1.54) is 0 Å². The Bertz CT molecular complexity index is 1280. The molecule has 0 spiro atoms. The van der Waals surface area contributed by atoms with Crippen LogP contribution in [0.4, 0.5) is 22.8 Å². The van der Waals surface area contributed by atoms with E-state index in [1.807, 2.05) is 37.4 Å². The number of halogens is 3. The van der Waals surface area contributed by atoms with E-state index >= 15 is 0 Å². The van der Waals surface area contributed by atoms with Crippen LogP contribution in [-0.4, -0.2) is 69.7 Å². The van der Waals surface area contributed by atoms with Crippen LogP contribution in [0.5, 0.6) is 0 Å². The summed E-state index contributed by atoms with van der Waals surface area (Å²) in [6.07, 6.45) is -1.22. The predicted molar refractivity (Wildman–Crippen MR) is 168 cm³/mol. The highest BCUT2D eigenvalue weighted by atomic mass is 32.2. The molecule has 0 saturated carbocycles. The molecule has 0 bridgehead atoms. The largest absolute Gasteiger partial charge is 0.511 e. The van der Waals surface area contributed by atoms with E-state index in [0.717, 1.165) is 18.2 Å². The number of carbonyl (C=O) groups is 2. The Balaban J connectivity index is 0.000000472. The first kappa shape index (κ1) is 39.7. The molecular weight excluding hydrogens is 613 g/mol. The molecule has 2 aromatic carbocycles. The molecule has 0 saturated heterocycles. The van der Waals surface area contributed by atoms with Crippen LogP contribution < -0.4 is 16.0 Å². The van der Waals surface area contributed by atoms with Gasteiger partial charge in [0.25, 0.3) is 0 Å². The van der Waals surface area contributed by atoms with Crippen LogP contribution in [0.1, 0.15) is 52.7 Å². The van der Waals surface area contributed by atoms with Gasteiger partial charge in [-0.05, 0) is 29.0 Å². The van der Waals surface area contributed by atoms with E-state index in [0.29, 0.717) is 13.2 Å². The molecule has 2 aromatic rings. The van der Waals surface area contributed by atoms with Gasteiger partial charge in [-0.15, -0.1) is 0 Å². The van der Waals surface area contributed by atoms with Crippen LogP contribution in [0.2, 0.25) is 0 Å². The van der Waals surface area contributed by atoms with Crippen molar-refractivity contribution in [3.05, 3.63) is 71.8 Å². The van der Waals surface area contributed by atoms with E-state index in [-0.39, 0.29) is 28.5 Å². The number of nitrogens with one attached hydrogen (secondary N) is 3. The summed E-state index contributed by atoms with van der Waals surface area (Å²) >= 11 is 0. The van der Waals surface area contributed by atoms with Crippen LogP contribution in [0.25, 0.3) is 0 Å². The molecule has 45 heavy (non-hydrogen) atoms. The third kappa shape index (κ3) is 14.5. The summed E-state index contributed by atoms with van der Waals surface area (Å²) in [4.78, 5) is 23.8. The first-order valence-electron chi connectivity index (χ1n) is 14.3. The fraction of sp³-hybridized carbons (Fsp3) is 0.548. The number of amides is 2. The Hall–Kier alpha value is -3.36. The zero-order valence-electron chi connectivity index (χ0n) is 27.2. The summed E-state index contributed by atoms with van der Waals surface area (Å²) in [7, 11) is -2.79. The normalized spacial score (nSPS) is 13.6. The second kappa shape index (κ2) is 17.4. The Morgan fingerprint density at radius 3 is 1.47 bits per heavy atom. The number of alkyl halides is 3.